The summed E-state index contributed by atoms with van der Waals surface area (Å²) in [6.45, 7) is 2.96. The maximum absolute atomic E-state index is 5.45. The van der Waals surface area contributed by atoms with Crippen LogP contribution in [0.15, 0.2) is 0 Å². The van der Waals surface area contributed by atoms with Crippen molar-refractivity contribution in [2.45, 2.75) is 25.3 Å². The lowest BCUT2D eigenvalue weighted by atomic mass is 10.1. The molecule has 58 valence electrons. The van der Waals surface area contributed by atoms with Crippen molar-refractivity contribution in [2.24, 2.45) is 5.92 Å². The van der Waals surface area contributed by atoms with Crippen molar-refractivity contribution < 1.29 is 4.74 Å². The lowest BCUT2D eigenvalue weighted by Gasteiger charge is -2.14. The summed E-state index contributed by atoms with van der Waals surface area (Å²) in [6, 6.07) is 0.780. The molecule has 2 aliphatic rings. The molecule has 0 amide bonds. The van der Waals surface area contributed by atoms with E-state index in [1.54, 1.807) is 0 Å². The molecule has 2 heteroatoms. The quantitative estimate of drug-likeness (QED) is 0.538. The zero-order valence-corrected chi connectivity index (χ0v) is 6.31. The van der Waals surface area contributed by atoms with Gasteiger partial charge < -0.3 is 10.1 Å². The maximum Gasteiger partial charge on any atom is 0.0591 e. The van der Waals surface area contributed by atoms with E-state index in [2.05, 4.69) is 5.32 Å². The third-order valence-electron chi connectivity index (χ3n) is 2.64. The second-order valence-electron chi connectivity index (χ2n) is 3.33. The van der Waals surface area contributed by atoms with Crippen LogP contribution in [0.2, 0.25) is 0 Å². The van der Waals surface area contributed by atoms with Crippen LogP contribution in [0, 0.1) is 5.92 Å². The summed E-state index contributed by atoms with van der Waals surface area (Å²) in [6.07, 6.45) is 4.14. The van der Waals surface area contributed by atoms with Gasteiger partial charge in [0.25, 0.3) is 0 Å². The summed E-state index contributed by atoms with van der Waals surface area (Å²) in [4.78, 5) is 0. The van der Waals surface area contributed by atoms with Crippen molar-refractivity contribution in [1.82, 2.24) is 5.32 Å². The number of hydrogen-bond acceptors (Lipinski definition) is 2. The maximum atomic E-state index is 5.45. The minimum absolute atomic E-state index is 0.780. The van der Waals surface area contributed by atoms with Gasteiger partial charge in [0.15, 0.2) is 0 Å². The third-order valence-corrected chi connectivity index (χ3v) is 2.64. The molecular weight excluding hydrogens is 126 g/mol. The van der Waals surface area contributed by atoms with Gasteiger partial charge in [0.05, 0.1) is 13.2 Å². The Bertz CT molecular complexity index is 104. The molecule has 0 bridgehead atoms. The fourth-order valence-corrected chi connectivity index (χ4v) is 2.06. The summed E-state index contributed by atoms with van der Waals surface area (Å²) < 4.78 is 5.45. The Morgan fingerprint density at radius 1 is 1.30 bits per heavy atom. The lowest BCUT2D eigenvalue weighted by Crippen LogP contribution is -2.32. The topological polar surface area (TPSA) is 21.3 Å². The van der Waals surface area contributed by atoms with Crippen molar-refractivity contribution >= 4 is 0 Å². The van der Waals surface area contributed by atoms with E-state index >= 15 is 0 Å². The SMILES string of the molecule is C1CC2COCCNC2C1. The van der Waals surface area contributed by atoms with E-state index in [0.717, 1.165) is 31.7 Å². The molecule has 2 unspecified atom stereocenters. The Labute approximate surface area is 61.9 Å². The van der Waals surface area contributed by atoms with Crippen LogP contribution in [-0.2, 0) is 4.74 Å². The highest BCUT2D eigenvalue weighted by atomic mass is 16.5. The predicted octanol–water partition coefficient (Wildman–Crippen LogP) is 0.775. The Kier molecular flexibility index (Phi) is 1.91. The molecular formula is C8H15NO. The number of ether oxygens (including phenoxy) is 1. The van der Waals surface area contributed by atoms with Crippen LogP contribution in [0.25, 0.3) is 0 Å². The van der Waals surface area contributed by atoms with Gasteiger partial charge in [-0.1, -0.05) is 6.42 Å². The number of rotatable bonds is 0. The first-order valence-electron chi connectivity index (χ1n) is 4.28. The molecule has 2 atom stereocenters. The molecule has 2 fully saturated rings. The Morgan fingerprint density at radius 2 is 2.30 bits per heavy atom. The molecule has 0 radical (unpaired) electrons. The summed E-state index contributed by atoms with van der Waals surface area (Å²) >= 11 is 0. The summed E-state index contributed by atoms with van der Waals surface area (Å²) in [5, 5.41) is 3.52. The van der Waals surface area contributed by atoms with E-state index in [1.807, 2.05) is 0 Å². The first-order valence-corrected chi connectivity index (χ1v) is 4.28. The van der Waals surface area contributed by atoms with Gasteiger partial charge in [0.1, 0.15) is 0 Å². The molecule has 1 heterocycles. The number of fused-ring (bicyclic) bond motifs is 1. The number of nitrogens with one attached hydrogen (secondary N) is 1. The zero-order chi connectivity index (χ0) is 6.81. The van der Waals surface area contributed by atoms with Crippen molar-refractivity contribution in [3.05, 3.63) is 0 Å². The van der Waals surface area contributed by atoms with Crippen molar-refractivity contribution in [1.29, 1.82) is 0 Å². The van der Waals surface area contributed by atoms with E-state index in [-0.39, 0.29) is 0 Å². The smallest absolute Gasteiger partial charge is 0.0591 e. The second-order valence-corrected chi connectivity index (χ2v) is 3.33. The lowest BCUT2D eigenvalue weighted by molar-refractivity contribution is 0.121. The molecule has 0 aromatic rings. The Balaban J connectivity index is 1.95. The molecule has 1 saturated heterocycles. The van der Waals surface area contributed by atoms with Gasteiger partial charge in [-0.2, -0.15) is 0 Å². The van der Waals surface area contributed by atoms with E-state index in [1.165, 1.54) is 19.3 Å². The van der Waals surface area contributed by atoms with Crippen LogP contribution in [0.4, 0.5) is 0 Å². The minimum Gasteiger partial charge on any atom is -0.380 e. The molecule has 1 N–H and O–H groups in total. The molecule has 0 spiro atoms. The second kappa shape index (κ2) is 2.89. The van der Waals surface area contributed by atoms with Crippen LogP contribution < -0.4 is 5.32 Å². The largest absolute Gasteiger partial charge is 0.380 e. The van der Waals surface area contributed by atoms with E-state index in [4.69, 9.17) is 4.74 Å². The molecule has 1 saturated carbocycles. The average molecular weight is 141 g/mol. The standard InChI is InChI=1S/C8H15NO/c1-2-7-6-10-5-4-9-8(7)3-1/h7-9H,1-6H2. The van der Waals surface area contributed by atoms with Crippen molar-refractivity contribution in [2.75, 3.05) is 19.8 Å². The summed E-state index contributed by atoms with van der Waals surface area (Å²) in [7, 11) is 0. The monoisotopic (exact) mass is 141 g/mol. The minimum atomic E-state index is 0.780. The van der Waals surface area contributed by atoms with Gasteiger partial charge >= 0.3 is 0 Å². The first-order chi connectivity index (χ1) is 4.97. The summed E-state index contributed by atoms with van der Waals surface area (Å²) in [5.41, 5.74) is 0. The van der Waals surface area contributed by atoms with Crippen LogP contribution in [0.1, 0.15) is 19.3 Å². The molecule has 2 nitrogen and oxygen atoms in total. The fraction of sp³-hybridized carbons (Fsp3) is 1.00. The molecule has 2 rings (SSSR count). The van der Waals surface area contributed by atoms with Gasteiger partial charge in [0, 0.05) is 12.6 Å². The van der Waals surface area contributed by atoms with Gasteiger partial charge in [-0.25, -0.2) is 0 Å². The number of hydrogen-bond donors (Lipinski definition) is 1. The molecule has 10 heavy (non-hydrogen) atoms. The summed E-state index contributed by atoms with van der Waals surface area (Å²) in [5.74, 6) is 0.822. The van der Waals surface area contributed by atoms with E-state index < -0.39 is 0 Å². The van der Waals surface area contributed by atoms with Crippen LogP contribution in [-0.4, -0.2) is 25.8 Å². The van der Waals surface area contributed by atoms with Crippen LogP contribution in [0.3, 0.4) is 0 Å². The van der Waals surface area contributed by atoms with Gasteiger partial charge in [-0.05, 0) is 18.8 Å². The average Bonchev–Trinajstić information content (AvgIpc) is 2.28. The van der Waals surface area contributed by atoms with Crippen molar-refractivity contribution in [3.8, 4) is 0 Å². The van der Waals surface area contributed by atoms with Gasteiger partial charge in [0.2, 0.25) is 0 Å². The Morgan fingerprint density at radius 3 is 3.30 bits per heavy atom. The highest BCUT2D eigenvalue weighted by molar-refractivity contribution is 4.84. The third kappa shape index (κ3) is 1.18. The molecule has 1 aliphatic heterocycles. The highest BCUT2D eigenvalue weighted by Gasteiger charge is 2.28. The molecule has 0 aromatic heterocycles. The normalized spacial score (nSPS) is 40.8. The van der Waals surface area contributed by atoms with Crippen LogP contribution in [0.5, 0.6) is 0 Å². The first kappa shape index (κ1) is 6.62. The van der Waals surface area contributed by atoms with Crippen molar-refractivity contribution in [3.63, 3.8) is 0 Å². The zero-order valence-electron chi connectivity index (χ0n) is 6.31. The van der Waals surface area contributed by atoms with Gasteiger partial charge in [-0.15, -0.1) is 0 Å². The van der Waals surface area contributed by atoms with Gasteiger partial charge in [-0.3, -0.25) is 0 Å². The molecule has 0 aromatic carbocycles. The molecule has 1 aliphatic carbocycles. The van der Waals surface area contributed by atoms with E-state index in [0.29, 0.717) is 0 Å². The van der Waals surface area contributed by atoms with Crippen LogP contribution >= 0.6 is 0 Å². The van der Waals surface area contributed by atoms with E-state index in [9.17, 15) is 0 Å². The Hall–Kier alpha value is -0.0800. The predicted molar refractivity (Wildman–Crippen MR) is 40.0 cm³/mol. The fourth-order valence-electron chi connectivity index (χ4n) is 2.06. The highest BCUT2D eigenvalue weighted by Crippen LogP contribution is 2.26.